The van der Waals surface area contributed by atoms with E-state index in [0.717, 1.165) is 33.5 Å². The molecule has 4 aliphatic carbocycles. The summed E-state index contributed by atoms with van der Waals surface area (Å²) in [6, 6.07) is 6.12. The Morgan fingerprint density at radius 3 is 2.54 bits per heavy atom. The Morgan fingerprint density at radius 2 is 1.88 bits per heavy atom. The second-order valence-electron chi connectivity index (χ2n) is 8.51. The van der Waals surface area contributed by atoms with Crippen LogP contribution in [0, 0.1) is 23.2 Å². The van der Waals surface area contributed by atoms with Crippen molar-refractivity contribution in [1.29, 1.82) is 0 Å². The maximum atomic E-state index is 12.8. The molecule has 3 nitrogen and oxygen atoms in total. The highest BCUT2D eigenvalue weighted by molar-refractivity contribution is 7.16. The van der Waals surface area contributed by atoms with Crippen LogP contribution >= 0.6 is 11.3 Å². The molecule has 4 saturated carbocycles. The van der Waals surface area contributed by atoms with E-state index in [0.29, 0.717) is 5.41 Å². The Labute approximate surface area is 146 Å². The third kappa shape index (κ3) is 2.30. The summed E-state index contributed by atoms with van der Waals surface area (Å²) in [6.07, 6.45) is 8.32. The molecule has 1 aromatic carbocycles. The molecule has 0 aliphatic heterocycles. The summed E-state index contributed by atoms with van der Waals surface area (Å²) in [6.45, 7) is 2.25. The second kappa shape index (κ2) is 5.29. The zero-order valence-corrected chi connectivity index (χ0v) is 14.9. The van der Waals surface area contributed by atoms with Gasteiger partial charge in [-0.3, -0.25) is 4.79 Å². The lowest BCUT2D eigenvalue weighted by Gasteiger charge is -2.59. The fraction of sp³-hybridized carbons (Fsp3) is 0.600. The van der Waals surface area contributed by atoms with Gasteiger partial charge in [-0.15, -0.1) is 11.3 Å². The molecule has 1 atom stereocenters. The van der Waals surface area contributed by atoms with Crippen LogP contribution in [-0.2, 0) is 0 Å². The highest BCUT2D eigenvalue weighted by Gasteiger charge is 2.53. The van der Waals surface area contributed by atoms with Crippen molar-refractivity contribution in [2.45, 2.75) is 51.5 Å². The van der Waals surface area contributed by atoms with Gasteiger partial charge in [0.1, 0.15) is 0 Å². The molecule has 6 rings (SSSR count). The number of fused-ring (bicyclic) bond motifs is 1. The molecule has 4 bridgehead atoms. The van der Waals surface area contributed by atoms with Crippen LogP contribution in [0.25, 0.3) is 10.2 Å². The summed E-state index contributed by atoms with van der Waals surface area (Å²) in [5.41, 5.74) is 3.94. The van der Waals surface area contributed by atoms with Crippen LogP contribution in [0.4, 0.5) is 0 Å². The van der Waals surface area contributed by atoms with Crippen LogP contribution in [0.1, 0.15) is 55.8 Å². The minimum atomic E-state index is 0.0774. The topological polar surface area (TPSA) is 42.0 Å². The van der Waals surface area contributed by atoms with Gasteiger partial charge >= 0.3 is 0 Å². The predicted octanol–water partition coefficient (Wildman–Crippen LogP) is 4.63. The molecule has 4 fully saturated rings. The fourth-order valence-corrected chi connectivity index (χ4v) is 6.85. The monoisotopic (exact) mass is 340 g/mol. The molecule has 1 aromatic heterocycles. The van der Waals surface area contributed by atoms with Gasteiger partial charge in [-0.25, -0.2) is 4.98 Å². The average Bonchev–Trinajstić information content (AvgIpc) is 3.01. The summed E-state index contributed by atoms with van der Waals surface area (Å²) in [7, 11) is 0. The number of amides is 1. The Hall–Kier alpha value is -1.42. The molecule has 0 radical (unpaired) electrons. The van der Waals surface area contributed by atoms with Gasteiger partial charge in [0.15, 0.2) is 0 Å². The van der Waals surface area contributed by atoms with Crippen molar-refractivity contribution in [3.63, 3.8) is 0 Å². The van der Waals surface area contributed by atoms with E-state index in [4.69, 9.17) is 0 Å². The number of nitrogens with one attached hydrogen (secondary N) is 1. The fourth-order valence-electron chi connectivity index (χ4n) is 6.14. The second-order valence-corrected chi connectivity index (χ2v) is 9.40. The summed E-state index contributed by atoms with van der Waals surface area (Å²) < 4.78 is 1.09. The van der Waals surface area contributed by atoms with E-state index < -0.39 is 0 Å². The molecule has 4 heteroatoms. The van der Waals surface area contributed by atoms with Gasteiger partial charge in [-0.2, -0.15) is 0 Å². The van der Waals surface area contributed by atoms with Gasteiger partial charge in [-0.1, -0.05) is 0 Å². The van der Waals surface area contributed by atoms with Crippen molar-refractivity contribution in [1.82, 2.24) is 10.3 Å². The van der Waals surface area contributed by atoms with Crippen LogP contribution in [0.15, 0.2) is 23.7 Å². The molecule has 24 heavy (non-hydrogen) atoms. The highest BCUT2D eigenvalue weighted by atomic mass is 32.1. The van der Waals surface area contributed by atoms with Gasteiger partial charge in [-0.05, 0) is 86.8 Å². The number of thiazole rings is 1. The first-order chi connectivity index (χ1) is 11.6. The summed E-state index contributed by atoms with van der Waals surface area (Å²) >= 11 is 1.59. The summed E-state index contributed by atoms with van der Waals surface area (Å²) in [4.78, 5) is 17.1. The average molecular weight is 340 g/mol. The van der Waals surface area contributed by atoms with E-state index in [1.54, 1.807) is 11.3 Å². The standard InChI is InChI=1S/C20H24N2OS/c1-12(20-8-13-4-14(9-20)6-15(5-13)10-20)22-19(23)16-2-3-17-18(7-16)24-11-21-17/h2-3,7,11-15H,4-6,8-10H2,1H3,(H,22,23). The summed E-state index contributed by atoms with van der Waals surface area (Å²) in [5.74, 6) is 2.84. The predicted molar refractivity (Wildman–Crippen MR) is 97.2 cm³/mol. The van der Waals surface area contributed by atoms with Crippen molar-refractivity contribution in [3.8, 4) is 0 Å². The van der Waals surface area contributed by atoms with E-state index in [1.165, 1.54) is 38.5 Å². The van der Waals surface area contributed by atoms with Crippen molar-refractivity contribution in [3.05, 3.63) is 29.3 Å². The largest absolute Gasteiger partial charge is 0.349 e. The number of carbonyl (C=O) groups excluding carboxylic acids is 1. The van der Waals surface area contributed by atoms with E-state index in [-0.39, 0.29) is 11.9 Å². The number of carbonyl (C=O) groups is 1. The van der Waals surface area contributed by atoms with Crippen molar-refractivity contribution in [2.24, 2.45) is 23.2 Å². The molecule has 4 aliphatic rings. The zero-order chi connectivity index (χ0) is 16.3. The lowest BCUT2D eigenvalue weighted by atomic mass is 9.48. The summed E-state index contributed by atoms with van der Waals surface area (Å²) in [5, 5.41) is 3.36. The third-order valence-corrected chi connectivity index (χ3v) is 7.74. The molecule has 2 aromatic rings. The number of hydrogen-bond donors (Lipinski definition) is 1. The molecular formula is C20H24N2OS. The number of hydrogen-bond acceptors (Lipinski definition) is 3. The SMILES string of the molecule is CC(NC(=O)c1ccc2ncsc2c1)C12CC3CC(CC(C3)C1)C2. The molecular weight excluding hydrogens is 316 g/mol. The molecule has 1 N–H and O–H groups in total. The van der Waals surface area contributed by atoms with E-state index in [9.17, 15) is 4.79 Å². The Morgan fingerprint density at radius 1 is 1.21 bits per heavy atom. The number of benzene rings is 1. The smallest absolute Gasteiger partial charge is 0.251 e. The van der Waals surface area contributed by atoms with Gasteiger partial charge in [0.05, 0.1) is 15.7 Å². The highest BCUT2D eigenvalue weighted by Crippen LogP contribution is 2.61. The lowest BCUT2D eigenvalue weighted by molar-refractivity contribution is -0.0688. The first-order valence-corrected chi connectivity index (χ1v) is 10.1. The maximum absolute atomic E-state index is 12.8. The normalized spacial score (nSPS) is 35.3. The minimum Gasteiger partial charge on any atom is -0.349 e. The van der Waals surface area contributed by atoms with E-state index >= 15 is 0 Å². The Kier molecular flexibility index (Phi) is 3.28. The number of nitrogens with zero attached hydrogens (tertiary/aromatic N) is 1. The first-order valence-electron chi connectivity index (χ1n) is 9.25. The maximum Gasteiger partial charge on any atom is 0.251 e. The first kappa shape index (κ1) is 14.9. The molecule has 126 valence electrons. The van der Waals surface area contributed by atoms with Gasteiger partial charge < -0.3 is 5.32 Å². The van der Waals surface area contributed by atoms with Crippen molar-refractivity contribution >= 4 is 27.5 Å². The molecule has 0 spiro atoms. The van der Waals surface area contributed by atoms with Crippen LogP contribution < -0.4 is 5.32 Å². The van der Waals surface area contributed by atoms with Gasteiger partial charge in [0.25, 0.3) is 5.91 Å². The van der Waals surface area contributed by atoms with Gasteiger partial charge in [0, 0.05) is 11.6 Å². The molecule has 1 amide bonds. The molecule has 1 unspecified atom stereocenters. The van der Waals surface area contributed by atoms with Crippen molar-refractivity contribution in [2.75, 3.05) is 0 Å². The lowest BCUT2D eigenvalue weighted by Crippen LogP contribution is -2.55. The van der Waals surface area contributed by atoms with E-state index in [2.05, 4.69) is 17.2 Å². The van der Waals surface area contributed by atoms with Gasteiger partial charge in [0.2, 0.25) is 0 Å². The number of aromatic nitrogens is 1. The van der Waals surface area contributed by atoms with E-state index in [1.807, 2.05) is 23.7 Å². The zero-order valence-electron chi connectivity index (χ0n) is 14.1. The quantitative estimate of drug-likeness (QED) is 0.885. The minimum absolute atomic E-state index is 0.0774. The van der Waals surface area contributed by atoms with Crippen LogP contribution in [0.2, 0.25) is 0 Å². The number of rotatable bonds is 3. The molecule has 1 heterocycles. The van der Waals surface area contributed by atoms with Crippen LogP contribution in [0.3, 0.4) is 0 Å². The van der Waals surface area contributed by atoms with Crippen LogP contribution in [-0.4, -0.2) is 16.9 Å². The Bertz CT molecular complexity index is 761. The third-order valence-electron chi connectivity index (χ3n) is 6.95. The Balaban J connectivity index is 1.36. The molecule has 0 saturated heterocycles. The van der Waals surface area contributed by atoms with Crippen molar-refractivity contribution < 1.29 is 4.79 Å². The van der Waals surface area contributed by atoms with Crippen LogP contribution in [0.5, 0.6) is 0 Å².